The van der Waals surface area contributed by atoms with Gasteiger partial charge in [-0.2, -0.15) is 0 Å². The molecule has 0 atom stereocenters. The number of amides is 2. The molecule has 122 valence electrons. The molecule has 0 saturated heterocycles. The van der Waals surface area contributed by atoms with Gasteiger partial charge in [0.25, 0.3) is 0 Å². The van der Waals surface area contributed by atoms with E-state index in [2.05, 4.69) is 5.32 Å². The molecule has 5 heteroatoms. The van der Waals surface area contributed by atoms with E-state index in [1.807, 2.05) is 52.8 Å². The molecule has 0 unspecified atom stereocenters. The molecule has 1 aromatic carbocycles. The number of rotatable bonds is 4. The van der Waals surface area contributed by atoms with Gasteiger partial charge in [0, 0.05) is 25.7 Å². The third kappa shape index (κ3) is 5.76. The van der Waals surface area contributed by atoms with Crippen LogP contribution in [0, 0.1) is 13.8 Å². The van der Waals surface area contributed by atoms with Crippen LogP contribution in [0.1, 0.15) is 38.8 Å². The van der Waals surface area contributed by atoms with Crippen LogP contribution in [0.25, 0.3) is 0 Å². The summed E-state index contributed by atoms with van der Waals surface area (Å²) in [5, 5.41) is 2.67. The van der Waals surface area contributed by atoms with E-state index in [4.69, 9.17) is 4.74 Å². The highest BCUT2D eigenvalue weighted by Crippen LogP contribution is 2.21. The molecule has 0 bridgehead atoms. The Morgan fingerprint density at radius 1 is 1.23 bits per heavy atom. The van der Waals surface area contributed by atoms with Gasteiger partial charge in [-0.25, -0.2) is 4.79 Å². The molecule has 0 heterocycles. The Kier molecular flexibility index (Phi) is 5.97. The molecule has 0 aliphatic heterocycles. The van der Waals surface area contributed by atoms with Crippen LogP contribution in [0.5, 0.6) is 0 Å². The van der Waals surface area contributed by atoms with Gasteiger partial charge in [-0.15, -0.1) is 0 Å². The van der Waals surface area contributed by atoms with Crippen molar-refractivity contribution < 1.29 is 14.3 Å². The highest BCUT2D eigenvalue weighted by molar-refractivity contribution is 5.92. The molecule has 2 amide bonds. The number of aryl methyl sites for hydroxylation is 2. The summed E-state index contributed by atoms with van der Waals surface area (Å²) in [7, 11) is 0. The van der Waals surface area contributed by atoms with Gasteiger partial charge in [0.05, 0.1) is 0 Å². The van der Waals surface area contributed by atoms with E-state index in [0.29, 0.717) is 13.1 Å². The quantitative estimate of drug-likeness (QED) is 0.929. The highest BCUT2D eigenvalue weighted by atomic mass is 16.6. The molecule has 0 aliphatic carbocycles. The molecular weight excluding hydrogens is 280 g/mol. The lowest BCUT2D eigenvalue weighted by atomic mass is 10.1. The smallest absolute Gasteiger partial charge is 0.407 e. The second-order valence-corrected chi connectivity index (χ2v) is 6.39. The minimum absolute atomic E-state index is 0.0558. The van der Waals surface area contributed by atoms with Gasteiger partial charge < -0.3 is 15.0 Å². The number of hydrogen-bond donors (Lipinski definition) is 1. The fraction of sp³-hybridized carbons (Fsp3) is 0.529. The molecule has 1 rings (SSSR count). The zero-order valence-electron chi connectivity index (χ0n) is 14.3. The van der Waals surface area contributed by atoms with E-state index in [1.54, 1.807) is 4.90 Å². The number of benzene rings is 1. The van der Waals surface area contributed by atoms with E-state index in [9.17, 15) is 9.59 Å². The summed E-state index contributed by atoms with van der Waals surface area (Å²) >= 11 is 0. The van der Waals surface area contributed by atoms with E-state index < -0.39 is 11.7 Å². The number of nitrogens with one attached hydrogen (secondary N) is 1. The fourth-order valence-electron chi connectivity index (χ4n) is 2.04. The minimum Gasteiger partial charge on any atom is -0.444 e. The minimum atomic E-state index is -0.530. The summed E-state index contributed by atoms with van der Waals surface area (Å²) < 4.78 is 5.18. The molecule has 0 aliphatic rings. The van der Waals surface area contributed by atoms with E-state index in [1.165, 1.54) is 6.92 Å². The maximum Gasteiger partial charge on any atom is 0.407 e. The molecule has 0 aromatic heterocycles. The Labute approximate surface area is 132 Å². The average Bonchev–Trinajstić information content (AvgIpc) is 2.35. The Bertz CT molecular complexity index is 547. The first-order chi connectivity index (χ1) is 10.1. The first-order valence-electron chi connectivity index (χ1n) is 7.42. The Morgan fingerprint density at radius 3 is 2.41 bits per heavy atom. The van der Waals surface area contributed by atoms with Gasteiger partial charge >= 0.3 is 6.09 Å². The summed E-state index contributed by atoms with van der Waals surface area (Å²) in [5.41, 5.74) is 2.46. The van der Waals surface area contributed by atoms with Crippen molar-refractivity contribution in [1.29, 1.82) is 0 Å². The summed E-state index contributed by atoms with van der Waals surface area (Å²) in [4.78, 5) is 25.2. The number of anilines is 1. The molecule has 1 N–H and O–H groups in total. The lowest BCUT2D eigenvalue weighted by molar-refractivity contribution is -0.116. The number of ether oxygens (including phenoxy) is 1. The molecule has 5 nitrogen and oxygen atoms in total. The number of carbonyl (C=O) groups excluding carboxylic acids is 2. The molecule has 0 fully saturated rings. The average molecular weight is 306 g/mol. The van der Waals surface area contributed by atoms with Crippen molar-refractivity contribution in [3.8, 4) is 0 Å². The van der Waals surface area contributed by atoms with E-state index in [-0.39, 0.29) is 5.91 Å². The van der Waals surface area contributed by atoms with Crippen molar-refractivity contribution in [3.63, 3.8) is 0 Å². The van der Waals surface area contributed by atoms with Crippen LogP contribution >= 0.6 is 0 Å². The van der Waals surface area contributed by atoms with Crippen molar-refractivity contribution in [2.45, 2.75) is 47.1 Å². The topological polar surface area (TPSA) is 58.6 Å². The predicted molar refractivity (Wildman–Crippen MR) is 88.2 cm³/mol. The number of carbonyl (C=O) groups is 2. The zero-order valence-corrected chi connectivity index (χ0v) is 14.3. The Balaban J connectivity index is 2.69. The maximum absolute atomic E-state index is 11.9. The predicted octanol–water partition coefficient (Wildman–Crippen LogP) is 3.18. The van der Waals surface area contributed by atoms with Crippen LogP contribution in [0.15, 0.2) is 18.2 Å². The fourth-order valence-corrected chi connectivity index (χ4v) is 2.04. The van der Waals surface area contributed by atoms with Gasteiger partial charge in [0.1, 0.15) is 5.60 Å². The van der Waals surface area contributed by atoms with Gasteiger partial charge in [-0.3, -0.25) is 4.79 Å². The SMILES string of the molecule is CC(=O)N(CCNC(=O)OC(C)(C)C)c1cc(C)ccc1C. The van der Waals surface area contributed by atoms with E-state index >= 15 is 0 Å². The number of nitrogens with zero attached hydrogens (tertiary/aromatic N) is 1. The maximum atomic E-state index is 11.9. The third-order valence-electron chi connectivity index (χ3n) is 3.04. The monoisotopic (exact) mass is 306 g/mol. The third-order valence-corrected chi connectivity index (χ3v) is 3.04. The van der Waals surface area contributed by atoms with Crippen molar-refractivity contribution in [2.24, 2.45) is 0 Å². The van der Waals surface area contributed by atoms with E-state index in [0.717, 1.165) is 16.8 Å². The van der Waals surface area contributed by atoms with Crippen molar-refractivity contribution in [2.75, 3.05) is 18.0 Å². The first kappa shape index (κ1) is 18.0. The Hall–Kier alpha value is -2.04. The molecule has 0 saturated carbocycles. The summed E-state index contributed by atoms with van der Waals surface area (Å²) in [6.07, 6.45) is -0.475. The van der Waals surface area contributed by atoms with Crippen LogP contribution in [-0.4, -0.2) is 30.7 Å². The van der Waals surface area contributed by atoms with Crippen LogP contribution < -0.4 is 10.2 Å². The molecule has 22 heavy (non-hydrogen) atoms. The second-order valence-electron chi connectivity index (χ2n) is 6.39. The number of hydrogen-bond acceptors (Lipinski definition) is 3. The Morgan fingerprint density at radius 2 is 1.86 bits per heavy atom. The van der Waals surface area contributed by atoms with Crippen molar-refractivity contribution in [3.05, 3.63) is 29.3 Å². The lowest BCUT2D eigenvalue weighted by Gasteiger charge is -2.24. The highest BCUT2D eigenvalue weighted by Gasteiger charge is 2.17. The van der Waals surface area contributed by atoms with Crippen molar-refractivity contribution >= 4 is 17.7 Å². The van der Waals surface area contributed by atoms with Crippen LogP contribution in [0.4, 0.5) is 10.5 Å². The zero-order chi connectivity index (χ0) is 16.9. The largest absolute Gasteiger partial charge is 0.444 e. The number of alkyl carbamates (subject to hydrolysis) is 1. The van der Waals surface area contributed by atoms with Crippen LogP contribution in [-0.2, 0) is 9.53 Å². The molecule has 0 spiro atoms. The normalized spacial score (nSPS) is 11.0. The lowest BCUT2D eigenvalue weighted by Crippen LogP contribution is -2.40. The van der Waals surface area contributed by atoms with Crippen molar-refractivity contribution in [1.82, 2.24) is 5.32 Å². The molecule has 0 radical (unpaired) electrons. The van der Waals surface area contributed by atoms with Gasteiger partial charge in [0.2, 0.25) is 5.91 Å². The molecule has 1 aromatic rings. The van der Waals surface area contributed by atoms with Gasteiger partial charge in [-0.05, 0) is 51.8 Å². The van der Waals surface area contributed by atoms with Crippen LogP contribution in [0.2, 0.25) is 0 Å². The second kappa shape index (κ2) is 7.29. The summed E-state index contributed by atoms with van der Waals surface area (Å²) in [6, 6.07) is 5.97. The van der Waals surface area contributed by atoms with Crippen LogP contribution in [0.3, 0.4) is 0 Å². The summed E-state index contributed by atoms with van der Waals surface area (Å²) in [5.74, 6) is -0.0558. The van der Waals surface area contributed by atoms with Gasteiger partial charge in [0.15, 0.2) is 0 Å². The standard InChI is InChI=1S/C17H26N2O3/c1-12-7-8-13(2)15(11-12)19(14(3)20)10-9-18-16(21)22-17(4,5)6/h7-8,11H,9-10H2,1-6H3,(H,18,21). The van der Waals surface area contributed by atoms with Gasteiger partial charge in [-0.1, -0.05) is 12.1 Å². The molecular formula is C17H26N2O3. The first-order valence-corrected chi connectivity index (χ1v) is 7.42. The summed E-state index contributed by atoms with van der Waals surface area (Å²) in [6.45, 7) is 11.6.